The maximum absolute atomic E-state index is 13.8. The molecule has 4 heterocycles. The standard InChI is InChI=1S/C21H20F3N3O4/c1-18-9-14(26-29-3)20(31-18)6-7-30-16-15(20)19(18,2)17(28)27(16)12-5-4-11(10-25)13(8-12)21(22,23)24/h4-5,8,15-16H,6-7,9H2,1-3H3/b26-14+/t15?,16-,18+,19+,20-/m0/s1. The summed E-state index contributed by atoms with van der Waals surface area (Å²) < 4.78 is 53.1. The molecule has 31 heavy (non-hydrogen) atoms. The molecule has 7 nitrogen and oxygen atoms in total. The summed E-state index contributed by atoms with van der Waals surface area (Å²) in [6.07, 6.45) is -4.68. The van der Waals surface area contributed by atoms with Crippen LogP contribution in [0.4, 0.5) is 18.9 Å². The van der Waals surface area contributed by atoms with E-state index in [2.05, 4.69) is 5.16 Å². The van der Waals surface area contributed by atoms with Gasteiger partial charge in [0, 0.05) is 18.5 Å². The van der Waals surface area contributed by atoms with Crippen molar-refractivity contribution in [3.8, 4) is 6.07 Å². The number of hydrogen-bond donors (Lipinski definition) is 0. The largest absolute Gasteiger partial charge is 0.417 e. The van der Waals surface area contributed by atoms with Gasteiger partial charge in [-0.1, -0.05) is 5.16 Å². The van der Waals surface area contributed by atoms with Crippen LogP contribution in [0.25, 0.3) is 0 Å². The van der Waals surface area contributed by atoms with E-state index in [1.807, 2.05) is 6.92 Å². The summed E-state index contributed by atoms with van der Waals surface area (Å²) in [7, 11) is 1.44. The number of ether oxygens (including phenoxy) is 2. The van der Waals surface area contributed by atoms with Crippen molar-refractivity contribution < 1.29 is 32.3 Å². The molecule has 4 saturated heterocycles. The van der Waals surface area contributed by atoms with Crippen LogP contribution in [-0.4, -0.2) is 42.8 Å². The predicted molar refractivity (Wildman–Crippen MR) is 101 cm³/mol. The number of hydrogen-bond acceptors (Lipinski definition) is 6. The minimum absolute atomic E-state index is 0.0437. The number of anilines is 1. The maximum Gasteiger partial charge on any atom is 0.417 e. The van der Waals surface area contributed by atoms with Gasteiger partial charge in [-0.3, -0.25) is 9.69 Å². The fourth-order valence-electron chi connectivity index (χ4n) is 6.03. The zero-order valence-electron chi connectivity index (χ0n) is 17.1. The summed E-state index contributed by atoms with van der Waals surface area (Å²) in [5.41, 5.74) is -3.63. The third-order valence-corrected chi connectivity index (χ3v) is 7.50. The van der Waals surface area contributed by atoms with Crippen LogP contribution in [-0.2, 0) is 25.3 Å². The second-order valence-corrected chi connectivity index (χ2v) is 8.83. The first-order valence-electron chi connectivity index (χ1n) is 9.91. The lowest BCUT2D eigenvalue weighted by molar-refractivity contribution is -0.139. The summed E-state index contributed by atoms with van der Waals surface area (Å²) in [6.45, 7) is 3.88. The second kappa shape index (κ2) is 5.99. The molecule has 1 aromatic rings. The summed E-state index contributed by atoms with van der Waals surface area (Å²) in [5.74, 6) is -0.818. The van der Waals surface area contributed by atoms with Crippen molar-refractivity contribution in [2.75, 3.05) is 18.6 Å². The number of benzene rings is 1. The summed E-state index contributed by atoms with van der Waals surface area (Å²) in [4.78, 5) is 20.1. The van der Waals surface area contributed by atoms with Gasteiger partial charge in [-0.05, 0) is 32.0 Å². The van der Waals surface area contributed by atoms with Crippen molar-refractivity contribution >= 4 is 17.3 Å². The number of nitriles is 1. The third-order valence-electron chi connectivity index (χ3n) is 7.50. The van der Waals surface area contributed by atoms with Gasteiger partial charge >= 0.3 is 6.18 Å². The van der Waals surface area contributed by atoms with Crippen molar-refractivity contribution in [1.29, 1.82) is 5.26 Å². The Kier molecular flexibility index (Phi) is 3.91. The van der Waals surface area contributed by atoms with E-state index in [0.717, 1.165) is 12.1 Å². The number of nitrogens with zero attached hydrogens (tertiary/aromatic N) is 3. The molecule has 5 atom stereocenters. The summed E-state index contributed by atoms with van der Waals surface area (Å²) in [5, 5.41) is 13.3. The van der Waals surface area contributed by atoms with Crippen LogP contribution in [0.3, 0.4) is 0 Å². The molecule has 164 valence electrons. The van der Waals surface area contributed by atoms with E-state index in [9.17, 15) is 18.0 Å². The van der Waals surface area contributed by atoms with E-state index < -0.39 is 46.1 Å². The molecular weight excluding hydrogens is 415 g/mol. The summed E-state index contributed by atoms with van der Waals surface area (Å²) >= 11 is 0. The average Bonchev–Trinajstić information content (AvgIpc) is 3.21. The zero-order valence-corrected chi connectivity index (χ0v) is 17.1. The van der Waals surface area contributed by atoms with Gasteiger partial charge in [0.2, 0.25) is 5.91 Å². The van der Waals surface area contributed by atoms with Gasteiger partial charge in [-0.15, -0.1) is 0 Å². The zero-order chi connectivity index (χ0) is 22.4. The van der Waals surface area contributed by atoms with Crippen LogP contribution in [0.2, 0.25) is 0 Å². The van der Waals surface area contributed by atoms with E-state index in [4.69, 9.17) is 19.6 Å². The Morgan fingerprint density at radius 1 is 1.35 bits per heavy atom. The molecule has 4 fully saturated rings. The van der Waals surface area contributed by atoms with E-state index in [1.165, 1.54) is 18.1 Å². The van der Waals surface area contributed by atoms with Crippen LogP contribution in [0.15, 0.2) is 23.4 Å². The number of halogens is 3. The molecule has 0 aliphatic carbocycles. The lowest BCUT2D eigenvalue weighted by Gasteiger charge is -2.44. The second-order valence-electron chi connectivity index (χ2n) is 8.83. The van der Waals surface area contributed by atoms with Gasteiger partial charge in [0.1, 0.15) is 18.9 Å². The number of oxime groups is 1. The van der Waals surface area contributed by atoms with Gasteiger partial charge in [0.25, 0.3) is 0 Å². The topological polar surface area (TPSA) is 84.2 Å². The van der Waals surface area contributed by atoms with Gasteiger partial charge in [0.15, 0.2) is 0 Å². The minimum Gasteiger partial charge on any atom is -0.399 e. The van der Waals surface area contributed by atoms with Crippen LogP contribution < -0.4 is 4.90 Å². The number of alkyl halides is 3. The Hall–Kier alpha value is -2.64. The lowest BCUT2D eigenvalue weighted by Crippen LogP contribution is -2.57. The smallest absolute Gasteiger partial charge is 0.399 e. The molecule has 0 aromatic heterocycles. The monoisotopic (exact) mass is 435 g/mol. The number of carbonyl (C=O) groups is 1. The van der Waals surface area contributed by atoms with E-state index >= 15 is 0 Å². The SMILES string of the molecule is CO/N=C1\C[C@@]2(C)O[C@@]13CCO[C@H]1C3[C@]2(C)C(=O)N1c1ccc(C#N)c(C(F)(F)F)c1. The molecule has 1 spiro atoms. The van der Waals surface area contributed by atoms with Crippen molar-refractivity contribution in [3.63, 3.8) is 0 Å². The molecule has 0 saturated carbocycles. The Morgan fingerprint density at radius 3 is 2.74 bits per heavy atom. The molecule has 1 amide bonds. The number of amides is 1. The van der Waals surface area contributed by atoms with E-state index in [0.29, 0.717) is 18.6 Å². The Labute approximate surface area is 176 Å². The highest BCUT2D eigenvalue weighted by Crippen LogP contribution is 2.70. The van der Waals surface area contributed by atoms with Crippen molar-refractivity contribution in [2.24, 2.45) is 16.5 Å². The van der Waals surface area contributed by atoms with Gasteiger partial charge < -0.3 is 14.3 Å². The van der Waals surface area contributed by atoms with Crippen LogP contribution in [0.1, 0.15) is 37.8 Å². The van der Waals surface area contributed by atoms with Gasteiger partial charge in [-0.25, -0.2) is 0 Å². The highest BCUT2D eigenvalue weighted by atomic mass is 19.4. The molecule has 4 aliphatic rings. The maximum atomic E-state index is 13.8. The summed E-state index contributed by atoms with van der Waals surface area (Å²) in [6, 6.07) is 4.86. The first-order chi connectivity index (χ1) is 14.5. The first kappa shape index (κ1) is 20.3. The quantitative estimate of drug-likeness (QED) is 0.666. The Balaban J connectivity index is 1.67. The predicted octanol–water partition coefficient (Wildman–Crippen LogP) is 3.23. The highest BCUT2D eigenvalue weighted by molar-refractivity contribution is 6.08. The third kappa shape index (κ3) is 2.25. The molecule has 0 N–H and O–H groups in total. The average molecular weight is 435 g/mol. The number of rotatable bonds is 2. The lowest BCUT2D eigenvalue weighted by atomic mass is 9.57. The molecule has 5 rings (SSSR count). The molecule has 1 aromatic carbocycles. The highest BCUT2D eigenvalue weighted by Gasteiger charge is 2.83. The van der Waals surface area contributed by atoms with E-state index in [1.54, 1.807) is 13.0 Å². The fraction of sp³-hybridized carbons (Fsp3) is 0.571. The van der Waals surface area contributed by atoms with Crippen LogP contribution in [0.5, 0.6) is 0 Å². The molecule has 1 unspecified atom stereocenters. The molecule has 2 bridgehead atoms. The van der Waals surface area contributed by atoms with Crippen molar-refractivity contribution in [2.45, 2.75) is 50.3 Å². The molecule has 0 radical (unpaired) electrons. The van der Waals surface area contributed by atoms with Crippen molar-refractivity contribution in [1.82, 2.24) is 0 Å². The molecule has 10 heteroatoms. The van der Waals surface area contributed by atoms with Gasteiger partial charge in [0.05, 0.1) is 46.4 Å². The first-order valence-corrected chi connectivity index (χ1v) is 9.91. The van der Waals surface area contributed by atoms with Crippen LogP contribution >= 0.6 is 0 Å². The molecule has 4 aliphatic heterocycles. The minimum atomic E-state index is -4.73. The number of fused-ring (bicyclic) bond motifs is 2. The Morgan fingerprint density at radius 2 is 2.10 bits per heavy atom. The fourth-order valence-corrected chi connectivity index (χ4v) is 6.03. The van der Waals surface area contributed by atoms with Crippen LogP contribution in [0, 0.1) is 22.7 Å². The molecular formula is C21H20F3N3O4. The number of carbonyl (C=O) groups excluding carboxylic acids is 1. The van der Waals surface area contributed by atoms with E-state index in [-0.39, 0.29) is 18.2 Å². The normalized spacial score (nSPS) is 39.7. The van der Waals surface area contributed by atoms with Crippen molar-refractivity contribution in [3.05, 3.63) is 29.3 Å². The van der Waals surface area contributed by atoms with Gasteiger partial charge in [-0.2, -0.15) is 18.4 Å². The Bertz CT molecular complexity index is 1070.